The molecule has 138 valence electrons. The fraction of sp³-hybridized carbons (Fsp3) is 0.381. The maximum absolute atomic E-state index is 12.3. The Balaban J connectivity index is 2.06. The minimum Gasteiger partial charge on any atom is -0.493 e. The van der Waals surface area contributed by atoms with Crippen LogP contribution in [-0.4, -0.2) is 26.7 Å². The second-order valence-electron chi connectivity index (χ2n) is 6.84. The molecule has 1 amide bonds. The average Bonchev–Trinajstić information content (AvgIpc) is 2.64. The molecule has 3 rings (SSSR count). The van der Waals surface area contributed by atoms with E-state index in [0.29, 0.717) is 30.4 Å². The summed E-state index contributed by atoms with van der Waals surface area (Å²) in [6.07, 6.45) is 0.366. The molecule has 0 saturated carbocycles. The summed E-state index contributed by atoms with van der Waals surface area (Å²) < 4.78 is 16.8. The highest BCUT2D eigenvalue weighted by molar-refractivity contribution is 5.96. The van der Waals surface area contributed by atoms with Crippen LogP contribution in [0.4, 0.5) is 5.69 Å². The number of benzene rings is 2. The molecule has 0 aromatic heterocycles. The van der Waals surface area contributed by atoms with Gasteiger partial charge < -0.3 is 19.5 Å². The largest absolute Gasteiger partial charge is 0.493 e. The zero-order chi connectivity index (χ0) is 18.7. The van der Waals surface area contributed by atoms with Crippen molar-refractivity contribution in [3.05, 3.63) is 47.5 Å². The number of ether oxygens (including phenoxy) is 3. The lowest BCUT2D eigenvalue weighted by atomic mass is 9.84. The Hall–Kier alpha value is -2.69. The summed E-state index contributed by atoms with van der Waals surface area (Å²) in [6, 6.07) is 11.7. The second-order valence-corrected chi connectivity index (χ2v) is 6.84. The van der Waals surface area contributed by atoms with E-state index in [9.17, 15) is 4.79 Å². The molecule has 0 saturated heterocycles. The maximum atomic E-state index is 12.3. The van der Waals surface area contributed by atoms with Crippen molar-refractivity contribution in [3.63, 3.8) is 0 Å². The predicted molar refractivity (Wildman–Crippen MR) is 101 cm³/mol. The standard InChI is InChI=1S/C21H25NO4/c1-13(2)12-26-18-8-6-5-7-14(18)15-10-21(23)22-17-11-20(25-4)19(24-3)9-16(15)17/h5-9,11,13,15H,10,12H2,1-4H3,(H,22,23)/t15-/m0/s1. The SMILES string of the molecule is COc1cc2c(cc1OC)[C@H](c1ccccc1OCC(C)C)CC(=O)N2. The number of nitrogens with one attached hydrogen (secondary N) is 1. The first kappa shape index (κ1) is 18.1. The molecule has 1 heterocycles. The molecule has 5 heteroatoms. The van der Waals surface area contributed by atoms with Crippen molar-refractivity contribution in [2.24, 2.45) is 5.92 Å². The Bertz CT molecular complexity index is 801. The molecule has 2 aromatic carbocycles. The summed E-state index contributed by atoms with van der Waals surface area (Å²) in [5.41, 5.74) is 2.77. The first-order chi connectivity index (χ1) is 12.5. The first-order valence-electron chi connectivity index (χ1n) is 8.81. The topological polar surface area (TPSA) is 56.8 Å². The monoisotopic (exact) mass is 355 g/mol. The number of hydrogen-bond donors (Lipinski definition) is 1. The summed E-state index contributed by atoms with van der Waals surface area (Å²) in [5, 5.41) is 2.94. The molecule has 2 aromatic rings. The maximum Gasteiger partial charge on any atom is 0.225 e. The van der Waals surface area contributed by atoms with Crippen molar-refractivity contribution in [1.29, 1.82) is 0 Å². The Morgan fingerprint density at radius 2 is 1.73 bits per heavy atom. The molecule has 0 unspecified atom stereocenters. The molecular formula is C21H25NO4. The van der Waals surface area contributed by atoms with Crippen molar-refractivity contribution in [2.75, 3.05) is 26.1 Å². The van der Waals surface area contributed by atoms with Gasteiger partial charge in [0, 0.05) is 29.7 Å². The third-order valence-corrected chi connectivity index (χ3v) is 4.46. The fourth-order valence-electron chi connectivity index (χ4n) is 3.22. The lowest BCUT2D eigenvalue weighted by Crippen LogP contribution is -2.24. The van der Waals surface area contributed by atoms with E-state index in [2.05, 4.69) is 19.2 Å². The van der Waals surface area contributed by atoms with Gasteiger partial charge in [-0.1, -0.05) is 32.0 Å². The smallest absolute Gasteiger partial charge is 0.225 e. The lowest BCUT2D eigenvalue weighted by molar-refractivity contribution is -0.116. The van der Waals surface area contributed by atoms with Gasteiger partial charge in [0.2, 0.25) is 5.91 Å². The number of carbonyl (C=O) groups excluding carboxylic acids is 1. The summed E-state index contributed by atoms with van der Waals surface area (Å²) in [4.78, 5) is 12.3. The highest BCUT2D eigenvalue weighted by Gasteiger charge is 2.30. The number of methoxy groups -OCH3 is 2. The van der Waals surface area contributed by atoms with E-state index in [1.807, 2.05) is 36.4 Å². The van der Waals surface area contributed by atoms with Gasteiger partial charge in [0.25, 0.3) is 0 Å². The Morgan fingerprint density at radius 1 is 1.04 bits per heavy atom. The highest BCUT2D eigenvalue weighted by Crippen LogP contribution is 2.45. The minimum absolute atomic E-state index is 0.0200. The molecule has 0 aliphatic carbocycles. The number of carbonyl (C=O) groups is 1. The molecule has 0 radical (unpaired) electrons. The quantitative estimate of drug-likeness (QED) is 0.843. The number of fused-ring (bicyclic) bond motifs is 1. The first-order valence-corrected chi connectivity index (χ1v) is 8.81. The van der Waals surface area contributed by atoms with Crippen molar-refractivity contribution >= 4 is 11.6 Å². The van der Waals surface area contributed by atoms with Crippen molar-refractivity contribution in [2.45, 2.75) is 26.2 Å². The van der Waals surface area contributed by atoms with Gasteiger partial charge >= 0.3 is 0 Å². The number of anilines is 1. The molecule has 0 spiro atoms. The fourth-order valence-corrected chi connectivity index (χ4v) is 3.22. The Morgan fingerprint density at radius 3 is 2.42 bits per heavy atom. The summed E-state index contributed by atoms with van der Waals surface area (Å²) in [7, 11) is 3.20. The zero-order valence-corrected chi connectivity index (χ0v) is 15.7. The van der Waals surface area contributed by atoms with Crippen molar-refractivity contribution < 1.29 is 19.0 Å². The average molecular weight is 355 g/mol. The van der Waals surface area contributed by atoms with E-state index in [0.717, 1.165) is 22.6 Å². The second kappa shape index (κ2) is 7.68. The third-order valence-electron chi connectivity index (χ3n) is 4.46. The molecular weight excluding hydrogens is 330 g/mol. The number of rotatable bonds is 6. The molecule has 0 fully saturated rings. The zero-order valence-electron chi connectivity index (χ0n) is 15.7. The molecule has 5 nitrogen and oxygen atoms in total. The van der Waals surface area contributed by atoms with Crippen LogP contribution in [0.5, 0.6) is 17.2 Å². The number of amides is 1. The van der Waals surface area contributed by atoms with E-state index < -0.39 is 0 Å². The van der Waals surface area contributed by atoms with Crippen LogP contribution >= 0.6 is 0 Å². The van der Waals surface area contributed by atoms with E-state index in [4.69, 9.17) is 14.2 Å². The van der Waals surface area contributed by atoms with Gasteiger partial charge in [0.1, 0.15) is 5.75 Å². The van der Waals surface area contributed by atoms with Gasteiger partial charge in [-0.05, 0) is 23.6 Å². The molecule has 26 heavy (non-hydrogen) atoms. The number of para-hydroxylation sites is 1. The molecule has 1 aliphatic rings. The Kier molecular flexibility index (Phi) is 5.35. The summed E-state index contributed by atoms with van der Waals surface area (Å²) in [6.45, 7) is 4.86. The number of hydrogen-bond acceptors (Lipinski definition) is 4. The van der Waals surface area contributed by atoms with Crippen LogP contribution in [0.3, 0.4) is 0 Å². The van der Waals surface area contributed by atoms with Gasteiger partial charge in [-0.2, -0.15) is 0 Å². The summed E-state index contributed by atoms with van der Waals surface area (Å²) >= 11 is 0. The van der Waals surface area contributed by atoms with Gasteiger partial charge in [0.05, 0.1) is 20.8 Å². The van der Waals surface area contributed by atoms with E-state index in [1.165, 1.54) is 0 Å². The molecule has 1 atom stereocenters. The highest BCUT2D eigenvalue weighted by atomic mass is 16.5. The van der Waals surface area contributed by atoms with Gasteiger partial charge in [0.15, 0.2) is 11.5 Å². The van der Waals surface area contributed by atoms with Gasteiger partial charge in [-0.15, -0.1) is 0 Å². The lowest BCUT2D eigenvalue weighted by Gasteiger charge is -2.28. The van der Waals surface area contributed by atoms with Crippen LogP contribution in [0.15, 0.2) is 36.4 Å². The Labute approximate surface area is 154 Å². The summed E-state index contributed by atoms with van der Waals surface area (Å²) in [5.74, 6) is 2.37. The van der Waals surface area contributed by atoms with E-state index >= 15 is 0 Å². The van der Waals surface area contributed by atoms with Crippen molar-refractivity contribution in [1.82, 2.24) is 0 Å². The van der Waals surface area contributed by atoms with Gasteiger partial charge in [-0.25, -0.2) is 0 Å². The van der Waals surface area contributed by atoms with Crippen molar-refractivity contribution in [3.8, 4) is 17.2 Å². The van der Waals surface area contributed by atoms with Crippen LogP contribution < -0.4 is 19.5 Å². The van der Waals surface area contributed by atoms with Crippen LogP contribution in [0.25, 0.3) is 0 Å². The predicted octanol–water partition coefficient (Wildman–Crippen LogP) is 4.21. The van der Waals surface area contributed by atoms with E-state index in [-0.39, 0.29) is 11.8 Å². The molecule has 1 N–H and O–H groups in total. The molecule has 0 bridgehead atoms. The third kappa shape index (κ3) is 3.62. The van der Waals surface area contributed by atoms with Crippen LogP contribution in [0.2, 0.25) is 0 Å². The van der Waals surface area contributed by atoms with Crippen LogP contribution in [-0.2, 0) is 4.79 Å². The van der Waals surface area contributed by atoms with Crippen LogP contribution in [0.1, 0.15) is 37.3 Å². The normalized spacial score (nSPS) is 16.0. The molecule has 1 aliphatic heterocycles. The van der Waals surface area contributed by atoms with E-state index in [1.54, 1.807) is 14.2 Å². The van der Waals surface area contributed by atoms with Crippen LogP contribution in [0, 0.1) is 5.92 Å². The van der Waals surface area contributed by atoms with Gasteiger partial charge in [-0.3, -0.25) is 4.79 Å². The minimum atomic E-state index is -0.0954.